The minimum atomic E-state index is -0.347. The van der Waals surface area contributed by atoms with Gasteiger partial charge in [-0.2, -0.15) is 0 Å². The Morgan fingerprint density at radius 2 is 1.93 bits per heavy atom. The summed E-state index contributed by atoms with van der Waals surface area (Å²) in [6, 6.07) is 18.1. The predicted molar refractivity (Wildman–Crippen MR) is 109 cm³/mol. The molecular weight excluding hydrogens is 352 g/mol. The summed E-state index contributed by atoms with van der Waals surface area (Å²) in [5.41, 5.74) is 4.60. The maximum atomic E-state index is 12.7. The van der Waals surface area contributed by atoms with Crippen LogP contribution in [0.4, 0.5) is 0 Å². The molecule has 0 fully saturated rings. The molecule has 1 aromatic heterocycles. The zero-order valence-electron chi connectivity index (χ0n) is 16.1. The Balaban J connectivity index is 1.80. The van der Waals surface area contributed by atoms with Crippen LogP contribution in [0.25, 0.3) is 10.9 Å². The van der Waals surface area contributed by atoms with E-state index in [2.05, 4.69) is 34.1 Å². The highest BCUT2D eigenvalue weighted by molar-refractivity contribution is 5.87. The number of H-pyrrole nitrogens is 1. The van der Waals surface area contributed by atoms with E-state index in [4.69, 9.17) is 4.74 Å². The third-order valence-electron chi connectivity index (χ3n) is 5.69. The van der Waals surface area contributed by atoms with Crippen molar-refractivity contribution in [2.45, 2.75) is 37.9 Å². The minimum Gasteiger partial charge on any atom is -0.468 e. The highest BCUT2D eigenvalue weighted by Gasteiger charge is 2.40. The molecule has 2 atom stereocenters. The number of nitrogens with one attached hydrogen (secondary N) is 1. The van der Waals surface area contributed by atoms with Crippen molar-refractivity contribution >= 4 is 16.9 Å². The molecule has 4 rings (SSSR count). The van der Waals surface area contributed by atoms with Crippen molar-refractivity contribution in [3.63, 3.8) is 0 Å². The number of carbonyl (C=O) groups excluding carboxylic acids is 1. The SMILES string of the molecule is COC(=O)[C@@H]1Cc2c([nH]c3ccccc23)[C@@H](CCCO)N1Cc1ccccc1. The Morgan fingerprint density at radius 1 is 1.18 bits per heavy atom. The van der Waals surface area contributed by atoms with Gasteiger partial charge in [-0.3, -0.25) is 9.69 Å². The Labute approximate surface area is 164 Å². The molecular formula is C23H26N2O3. The zero-order valence-corrected chi connectivity index (χ0v) is 16.1. The average Bonchev–Trinajstić information content (AvgIpc) is 3.11. The smallest absolute Gasteiger partial charge is 0.323 e. The van der Waals surface area contributed by atoms with Crippen molar-refractivity contribution < 1.29 is 14.6 Å². The molecule has 5 heteroatoms. The van der Waals surface area contributed by atoms with Crippen molar-refractivity contribution in [1.82, 2.24) is 9.88 Å². The highest BCUT2D eigenvalue weighted by atomic mass is 16.5. The van der Waals surface area contributed by atoms with E-state index in [0.717, 1.165) is 23.2 Å². The Hall–Kier alpha value is -2.63. The van der Waals surface area contributed by atoms with Gasteiger partial charge in [0.2, 0.25) is 0 Å². The number of aliphatic hydroxyl groups is 1. The van der Waals surface area contributed by atoms with Crippen molar-refractivity contribution in [3.8, 4) is 0 Å². The van der Waals surface area contributed by atoms with Crippen molar-refractivity contribution in [3.05, 3.63) is 71.4 Å². The third kappa shape index (κ3) is 3.43. The molecule has 28 heavy (non-hydrogen) atoms. The van der Waals surface area contributed by atoms with Crippen molar-refractivity contribution in [2.75, 3.05) is 13.7 Å². The maximum absolute atomic E-state index is 12.7. The lowest BCUT2D eigenvalue weighted by Gasteiger charge is -2.40. The number of carbonyl (C=O) groups is 1. The van der Waals surface area contributed by atoms with Gasteiger partial charge in [0.1, 0.15) is 6.04 Å². The number of benzene rings is 2. The van der Waals surface area contributed by atoms with Crippen LogP contribution in [0.5, 0.6) is 0 Å². The van der Waals surface area contributed by atoms with Crippen LogP contribution in [0.2, 0.25) is 0 Å². The molecule has 0 amide bonds. The van der Waals surface area contributed by atoms with Crippen LogP contribution in [0.1, 0.15) is 35.7 Å². The van der Waals surface area contributed by atoms with E-state index < -0.39 is 0 Å². The fraction of sp³-hybridized carbons (Fsp3) is 0.348. The van der Waals surface area contributed by atoms with Gasteiger partial charge in [-0.25, -0.2) is 0 Å². The van der Waals surface area contributed by atoms with Crippen LogP contribution in [0.3, 0.4) is 0 Å². The number of rotatable bonds is 6. The van der Waals surface area contributed by atoms with Crippen LogP contribution in [0.15, 0.2) is 54.6 Å². The number of aromatic nitrogens is 1. The first-order valence-electron chi connectivity index (χ1n) is 9.80. The van der Waals surface area contributed by atoms with E-state index in [9.17, 15) is 9.90 Å². The van der Waals surface area contributed by atoms with E-state index in [0.29, 0.717) is 19.4 Å². The molecule has 2 aromatic carbocycles. The van der Waals surface area contributed by atoms with Gasteiger partial charge in [0, 0.05) is 36.2 Å². The first kappa shape index (κ1) is 18.7. The molecule has 0 unspecified atom stereocenters. The number of aliphatic hydroxyl groups excluding tert-OH is 1. The molecule has 0 bridgehead atoms. The van der Waals surface area contributed by atoms with Gasteiger partial charge in [0.15, 0.2) is 0 Å². The molecule has 0 aliphatic carbocycles. The van der Waals surface area contributed by atoms with E-state index >= 15 is 0 Å². The fourth-order valence-electron chi connectivity index (χ4n) is 4.38. The number of ether oxygens (including phenoxy) is 1. The number of esters is 1. The van der Waals surface area contributed by atoms with Crippen LogP contribution >= 0.6 is 0 Å². The van der Waals surface area contributed by atoms with E-state index in [1.165, 1.54) is 18.1 Å². The number of hydrogen-bond acceptors (Lipinski definition) is 4. The number of aromatic amines is 1. The third-order valence-corrected chi connectivity index (χ3v) is 5.69. The highest BCUT2D eigenvalue weighted by Crippen LogP contribution is 2.40. The summed E-state index contributed by atoms with van der Waals surface area (Å²) in [6.45, 7) is 0.791. The zero-order chi connectivity index (χ0) is 19.5. The van der Waals surface area contributed by atoms with Gasteiger partial charge in [-0.1, -0.05) is 48.5 Å². The van der Waals surface area contributed by atoms with Gasteiger partial charge < -0.3 is 14.8 Å². The van der Waals surface area contributed by atoms with E-state index in [1.54, 1.807) is 0 Å². The molecule has 0 spiro atoms. The summed E-state index contributed by atoms with van der Waals surface area (Å²) < 4.78 is 5.17. The second-order valence-corrected chi connectivity index (χ2v) is 7.35. The monoisotopic (exact) mass is 378 g/mol. The van der Waals surface area contributed by atoms with Crippen molar-refractivity contribution in [1.29, 1.82) is 0 Å². The topological polar surface area (TPSA) is 65.6 Å². The van der Waals surface area contributed by atoms with Gasteiger partial charge in [0.25, 0.3) is 0 Å². The Kier molecular flexibility index (Phi) is 5.46. The first-order valence-corrected chi connectivity index (χ1v) is 9.80. The summed E-state index contributed by atoms with van der Waals surface area (Å²) in [4.78, 5) is 18.6. The molecule has 0 radical (unpaired) electrons. The molecule has 3 aromatic rings. The minimum absolute atomic E-state index is 0.0209. The summed E-state index contributed by atoms with van der Waals surface area (Å²) in [7, 11) is 1.45. The van der Waals surface area contributed by atoms with Crippen LogP contribution < -0.4 is 0 Å². The quantitative estimate of drug-likeness (QED) is 0.644. The second kappa shape index (κ2) is 8.17. The maximum Gasteiger partial charge on any atom is 0.323 e. The molecule has 2 N–H and O–H groups in total. The molecule has 146 valence electrons. The lowest BCUT2D eigenvalue weighted by molar-refractivity contribution is -0.149. The second-order valence-electron chi connectivity index (χ2n) is 7.35. The molecule has 2 heterocycles. The van der Waals surface area contributed by atoms with Crippen LogP contribution in [-0.2, 0) is 22.5 Å². The standard InChI is InChI=1S/C23H26N2O3/c1-28-23(27)21-14-18-17-10-5-6-11-19(17)24-22(18)20(12-7-13-26)25(21)15-16-8-3-2-4-9-16/h2-6,8-11,20-21,24,26H,7,12-15H2,1H3/t20-,21+/m1/s1. The Morgan fingerprint density at radius 3 is 2.68 bits per heavy atom. The molecule has 1 aliphatic heterocycles. The number of nitrogens with zero attached hydrogens (tertiary/aromatic N) is 1. The lowest BCUT2D eigenvalue weighted by Crippen LogP contribution is -2.48. The lowest BCUT2D eigenvalue weighted by atomic mass is 9.89. The number of para-hydroxylation sites is 1. The van der Waals surface area contributed by atoms with E-state index in [-0.39, 0.29) is 24.7 Å². The summed E-state index contributed by atoms with van der Waals surface area (Å²) in [5, 5.41) is 10.6. The molecule has 1 aliphatic rings. The number of hydrogen-bond donors (Lipinski definition) is 2. The van der Waals surface area contributed by atoms with Gasteiger partial charge in [-0.05, 0) is 30.0 Å². The van der Waals surface area contributed by atoms with Crippen LogP contribution in [-0.4, -0.2) is 40.7 Å². The molecule has 0 saturated heterocycles. The van der Waals surface area contributed by atoms with Crippen molar-refractivity contribution in [2.24, 2.45) is 0 Å². The summed E-state index contributed by atoms with van der Waals surface area (Å²) in [6.07, 6.45) is 2.07. The largest absolute Gasteiger partial charge is 0.468 e. The molecule has 0 saturated carbocycles. The Bertz CT molecular complexity index is 951. The van der Waals surface area contributed by atoms with Gasteiger partial charge >= 0.3 is 5.97 Å². The summed E-state index contributed by atoms with van der Waals surface area (Å²) in [5.74, 6) is -0.208. The van der Waals surface area contributed by atoms with Gasteiger partial charge in [-0.15, -0.1) is 0 Å². The normalized spacial score (nSPS) is 19.5. The van der Waals surface area contributed by atoms with Gasteiger partial charge in [0.05, 0.1) is 13.2 Å². The first-order chi connectivity index (χ1) is 13.7. The van der Waals surface area contributed by atoms with Crippen LogP contribution in [0, 0.1) is 0 Å². The average molecular weight is 378 g/mol. The number of methoxy groups -OCH3 is 1. The molecule has 5 nitrogen and oxygen atoms in total. The summed E-state index contributed by atoms with van der Waals surface area (Å²) >= 11 is 0. The predicted octanol–water partition coefficient (Wildman–Crippen LogP) is 3.58. The fourth-order valence-corrected chi connectivity index (χ4v) is 4.38. The van der Waals surface area contributed by atoms with E-state index in [1.807, 2.05) is 30.3 Å². The number of fused-ring (bicyclic) bond motifs is 3.